The van der Waals surface area contributed by atoms with E-state index >= 15 is 0 Å². The predicted octanol–water partition coefficient (Wildman–Crippen LogP) is 3.71. The van der Waals surface area contributed by atoms with Crippen LogP contribution in [0, 0.1) is 5.92 Å². The third kappa shape index (κ3) is 3.10. The highest BCUT2D eigenvalue weighted by Crippen LogP contribution is 2.36. The van der Waals surface area contributed by atoms with Crippen LogP contribution in [0.5, 0.6) is 0 Å². The Morgan fingerprint density at radius 2 is 1.93 bits per heavy atom. The molecule has 1 aromatic rings. The molecule has 82 valence electrons. The van der Waals surface area contributed by atoms with E-state index in [-0.39, 0.29) is 5.92 Å². The highest BCUT2D eigenvalue weighted by molar-refractivity contribution is 7.98. The molecule has 2 heteroatoms. The summed E-state index contributed by atoms with van der Waals surface area (Å²) in [5, 5.41) is 0.300. The SMILES string of the molecule is CCC(C(C)=O)C(SC)c1ccccc1. The number of hydrogen-bond donors (Lipinski definition) is 0. The van der Waals surface area contributed by atoms with Crippen LogP contribution in [0.25, 0.3) is 0 Å². The minimum atomic E-state index is 0.141. The van der Waals surface area contributed by atoms with Crippen molar-refractivity contribution in [2.45, 2.75) is 25.5 Å². The Balaban J connectivity index is 2.92. The first-order valence-electron chi connectivity index (χ1n) is 5.28. The molecule has 0 saturated carbocycles. The van der Waals surface area contributed by atoms with Crippen molar-refractivity contribution < 1.29 is 4.79 Å². The maximum atomic E-state index is 11.5. The largest absolute Gasteiger partial charge is 0.300 e. The van der Waals surface area contributed by atoms with Crippen LogP contribution < -0.4 is 0 Å². The lowest BCUT2D eigenvalue weighted by Gasteiger charge is -2.22. The lowest BCUT2D eigenvalue weighted by atomic mass is 9.93. The average Bonchev–Trinajstić information content (AvgIpc) is 2.26. The molecule has 1 nitrogen and oxygen atoms in total. The summed E-state index contributed by atoms with van der Waals surface area (Å²) < 4.78 is 0. The third-order valence-corrected chi connectivity index (χ3v) is 3.82. The van der Waals surface area contributed by atoms with E-state index in [1.54, 1.807) is 18.7 Å². The van der Waals surface area contributed by atoms with Crippen LogP contribution in [-0.2, 0) is 4.79 Å². The van der Waals surface area contributed by atoms with Crippen molar-refractivity contribution in [1.29, 1.82) is 0 Å². The van der Waals surface area contributed by atoms with Gasteiger partial charge in [-0.05, 0) is 25.2 Å². The maximum Gasteiger partial charge on any atom is 0.134 e. The molecule has 0 radical (unpaired) electrons. The van der Waals surface area contributed by atoms with E-state index in [4.69, 9.17) is 0 Å². The molecular weight excluding hydrogens is 204 g/mol. The van der Waals surface area contributed by atoms with Crippen LogP contribution in [0.3, 0.4) is 0 Å². The van der Waals surface area contributed by atoms with E-state index in [1.165, 1.54) is 5.56 Å². The summed E-state index contributed by atoms with van der Waals surface area (Å²) in [6, 6.07) is 10.3. The third-order valence-electron chi connectivity index (χ3n) is 2.71. The van der Waals surface area contributed by atoms with Crippen LogP contribution in [-0.4, -0.2) is 12.0 Å². The van der Waals surface area contributed by atoms with Crippen LogP contribution in [0.2, 0.25) is 0 Å². The first-order valence-corrected chi connectivity index (χ1v) is 6.57. The van der Waals surface area contributed by atoms with Crippen LogP contribution in [0.4, 0.5) is 0 Å². The van der Waals surface area contributed by atoms with Crippen LogP contribution >= 0.6 is 11.8 Å². The number of rotatable bonds is 5. The second-order valence-electron chi connectivity index (χ2n) is 3.69. The minimum absolute atomic E-state index is 0.141. The molecule has 0 fully saturated rings. The van der Waals surface area contributed by atoms with E-state index < -0.39 is 0 Å². The highest BCUT2D eigenvalue weighted by Gasteiger charge is 2.24. The summed E-state index contributed by atoms with van der Waals surface area (Å²) in [4.78, 5) is 11.5. The molecule has 0 heterocycles. The van der Waals surface area contributed by atoms with Gasteiger partial charge in [-0.3, -0.25) is 4.79 Å². The predicted molar refractivity (Wildman–Crippen MR) is 67.2 cm³/mol. The standard InChI is InChI=1S/C13H18OS/c1-4-12(10(2)14)13(15-3)11-8-6-5-7-9-11/h5-9,12-13H,4H2,1-3H3. The summed E-state index contributed by atoms with van der Waals surface area (Å²) in [6.45, 7) is 3.78. The quantitative estimate of drug-likeness (QED) is 0.755. The van der Waals surface area contributed by atoms with E-state index in [2.05, 4.69) is 25.3 Å². The molecule has 0 N–H and O–H groups in total. The zero-order valence-electron chi connectivity index (χ0n) is 9.57. The van der Waals surface area contributed by atoms with Gasteiger partial charge in [0.1, 0.15) is 5.78 Å². The zero-order valence-corrected chi connectivity index (χ0v) is 10.4. The van der Waals surface area contributed by atoms with Gasteiger partial charge in [-0.1, -0.05) is 37.3 Å². The van der Waals surface area contributed by atoms with Crippen LogP contribution in [0.1, 0.15) is 31.1 Å². The number of thioether (sulfide) groups is 1. The van der Waals surface area contributed by atoms with Gasteiger partial charge in [0.2, 0.25) is 0 Å². The van der Waals surface area contributed by atoms with Crippen molar-refractivity contribution >= 4 is 17.5 Å². The highest BCUT2D eigenvalue weighted by atomic mass is 32.2. The smallest absolute Gasteiger partial charge is 0.134 e. The number of Topliss-reactive ketones (excluding diaryl/α,β-unsaturated/α-hetero) is 1. The molecule has 0 saturated heterocycles. The Labute approximate surface area is 96.3 Å². The minimum Gasteiger partial charge on any atom is -0.300 e. The summed E-state index contributed by atoms with van der Waals surface area (Å²) in [6.07, 6.45) is 2.99. The monoisotopic (exact) mass is 222 g/mol. The molecule has 0 aliphatic heterocycles. The van der Waals surface area contributed by atoms with E-state index in [0.29, 0.717) is 11.0 Å². The molecule has 0 spiro atoms. The molecular formula is C13H18OS. The molecule has 1 rings (SSSR count). The van der Waals surface area contributed by atoms with Crippen LogP contribution in [0.15, 0.2) is 30.3 Å². The number of hydrogen-bond acceptors (Lipinski definition) is 2. The lowest BCUT2D eigenvalue weighted by molar-refractivity contribution is -0.120. The molecule has 0 aliphatic rings. The molecule has 0 aliphatic carbocycles. The van der Waals surface area contributed by atoms with Gasteiger partial charge >= 0.3 is 0 Å². The fraction of sp³-hybridized carbons (Fsp3) is 0.462. The topological polar surface area (TPSA) is 17.1 Å². The number of carbonyl (C=O) groups excluding carboxylic acids is 1. The van der Waals surface area contributed by atoms with Gasteiger partial charge in [0.15, 0.2) is 0 Å². The summed E-state index contributed by atoms with van der Waals surface area (Å²) in [5.41, 5.74) is 1.26. The van der Waals surface area contributed by atoms with Gasteiger partial charge < -0.3 is 0 Å². The average molecular weight is 222 g/mol. The summed E-state index contributed by atoms with van der Waals surface area (Å²) in [5.74, 6) is 0.433. The molecule has 15 heavy (non-hydrogen) atoms. The Kier molecular flexibility index (Phi) is 4.89. The van der Waals surface area contributed by atoms with Gasteiger partial charge in [-0.2, -0.15) is 11.8 Å². The van der Waals surface area contributed by atoms with Gasteiger partial charge in [0.25, 0.3) is 0 Å². The Hall–Kier alpha value is -0.760. The van der Waals surface area contributed by atoms with Crippen molar-refractivity contribution in [3.8, 4) is 0 Å². The Morgan fingerprint density at radius 3 is 2.33 bits per heavy atom. The van der Waals surface area contributed by atoms with E-state index in [0.717, 1.165) is 6.42 Å². The summed E-state index contributed by atoms with van der Waals surface area (Å²) in [7, 11) is 0. The van der Waals surface area contributed by atoms with Gasteiger partial charge in [0, 0.05) is 11.2 Å². The Morgan fingerprint density at radius 1 is 1.33 bits per heavy atom. The van der Waals surface area contributed by atoms with E-state index in [1.807, 2.05) is 18.2 Å². The van der Waals surface area contributed by atoms with Crippen molar-refractivity contribution in [2.24, 2.45) is 5.92 Å². The fourth-order valence-corrected chi connectivity index (χ4v) is 3.03. The first-order chi connectivity index (χ1) is 7.20. The molecule has 0 amide bonds. The second-order valence-corrected chi connectivity index (χ2v) is 4.67. The van der Waals surface area contributed by atoms with E-state index in [9.17, 15) is 4.79 Å². The second kappa shape index (κ2) is 5.96. The lowest BCUT2D eigenvalue weighted by Crippen LogP contribution is -2.17. The zero-order chi connectivity index (χ0) is 11.3. The first kappa shape index (κ1) is 12.3. The summed E-state index contributed by atoms with van der Waals surface area (Å²) >= 11 is 1.76. The van der Waals surface area contributed by atoms with Gasteiger partial charge in [-0.15, -0.1) is 0 Å². The number of carbonyl (C=O) groups is 1. The number of ketones is 1. The molecule has 2 atom stereocenters. The molecule has 1 aromatic carbocycles. The molecule has 2 unspecified atom stereocenters. The van der Waals surface area contributed by atoms with Crippen molar-refractivity contribution in [3.63, 3.8) is 0 Å². The fourth-order valence-electron chi connectivity index (χ4n) is 1.89. The molecule has 0 bridgehead atoms. The van der Waals surface area contributed by atoms with Gasteiger partial charge in [0.05, 0.1) is 0 Å². The molecule has 0 aromatic heterocycles. The van der Waals surface area contributed by atoms with Crippen molar-refractivity contribution in [1.82, 2.24) is 0 Å². The maximum absolute atomic E-state index is 11.5. The van der Waals surface area contributed by atoms with Crippen molar-refractivity contribution in [2.75, 3.05) is 6.26 Å². The van der Waals surface area contributed by atoms with Crippen molar-refractivity contribution in [3.05, 3.63) is 35.9 Å². The number of benzene rings is 1. The van der Waals surface area contributed by atoms with Gasteiger partial charge in [-0.25, -0.2) is 0 Å². The normalized spacial score (nSPS) is 14.6. The Bertz CT molecular complexity index is 308.